The molecule has 0 atom stereocenters. The van der Waals surface area contributed by atoms with Crippen molar-refractivity contribution in [1.82, 2.24) is 4.31 Å². The lowest BCUT2D eigenvalue weighted by molar-refractivity contribution is -0.118. The standard InChI is InChI=1S/C12H18FN3O3S/c1-8(2)6-16(7-12(15)17)20(18,19)11-4-9(13)3-10(14)5-11/h3-5,8H,6-7,14H2,1-2H3,(H2,15,17). The van der Waals surface area contributed by atoms with E-state index in [0.717, 1.165) is 22.5 Å². The van der Waals surface area contributed by atoms with Gasteiger partial charge in [-0.15, -0.1) is 0 Å². The summed E-state index contributed by atoms with van der Waals surface area (Å²) in [5, 5.41) is 0. The number of carbonyl (C=O) groups is 1. The van der Waals surface area contributed by atoms with Crippen LogP contribution in [0, 0.1) is 11.7 Å². The fourth-order valence-electron chi connectivity index (χ4n) is 1.71. The third kappa shape index (κ3) is 4.17. The summed E-state index contributed by atoms with van der Waals surface area (Å²) >= 11 is 0. The van der Waals surface area contributed by atoms with Gasteiger partial charge in [0.1, 0.15) is 5.82 Å². The molecule has 0 aliphatic heterocycles. The van der Waals surface area contributed by atoms with E-state index in [1.165, 1.54) is 0 Å². The fraction of sp³-hybridized carbons (Fsp3) is 0.417. The maximum absolute atomic E-state index is 13.3. The smallest absolute Gasteiger partial charge is 0.243 e. The quantitative estimate of drug-likeness (QED) is 0.748. The van der Waals surface area contributed by atoms with Gasteiger partial charge in [-0.25, -0.2) is 12.8 Å². The van der Waals surface area contributed by atoms with Gasteiger partial charge < -0.3 is 11.5 Å². The average Bonchev–Trinajstić information content (AvgIpc) is 2.25. The van der Waals surface area contributed by atoms with E-state index in [1.807, 2.05) is 0 Å². The van der Waals surface area contributed by atoms with E-state index in [9.17, 15) is 17.6 Å². The van der Waals surface area contributed by atoms with Gasteiger partial charge in [0.15, 0.2) is 0 Å². The predicted molar refractivity (Wildman–Crippen MR) is 73.6 cm³/mol. The highest BCUT2D eigenvalue weighted by Gasteiger charge is 2.27. The molecule has 1 aromatic rings. The maximum atomic E-state index is 13.3. The van der Waals surface area contributed by atoms with Crippen LogP contribution in [0.1, 0.15) is 13.8 Å². The number of anilines is 1. The Balaban J connectivity index is 3.24. The molecule has 0 spiro atoms. The largest absolute Gasteiger partial charge is 0.399 e. The Hall–Kier alpha value is -1.67. The Morgan fingerprint density at radius 1 is 1.35 bits per heavy atom. The molecule has 4 N–H and O–H groups in total. The maximum Gasteiger partial charge on any atom is 0.243 e. The SMILES string of the molecule is CC(C)CN(CC(N)=O)S(=O)(=O)c1cc(N)cc(F)c1. The van der Waals surface area contributed by atoms with Crippen molar-refractivity contribution < 1.29 is 17.6 Å². The van der Waals surface area contributed by atoms with Crippen molar-refractivity contribution in [2.75, 3.05) is 18.8 Å². The number of nitrogens with zero attached hydrogens (tertiary/aromatic N) is 1. The molecule has 0 aromatic heterocycles. The minimum atomic E-state index is -4.02. The number of primary amides is 1. The molecule has 0 saturated carbocycles. The van der Waals surface area contributed by atoms with Gasteiger partial charge in [-0.1, -0.05) is 13.8 Å². The second-order valence-corrected chi connectivity index (χ2v) is 6.82. The van der Waals surface area contributed by atoms with Gasteiger partial charge in [-0.2, -0.15) is 4.31 Å². The van der Waals surface area contributed by atoms with E-state index in [1.54, 1.807) is 13.8 Å². The van der Waals surface area contributed by atoms with Crippen molar-refractivity contribution in [1.29, 1.82) is 0 Å². The number of nitrogens with two attached hydrogens (primary N) is 2. The third-order valence-electron chi connectivity index (χ3n) is 2.43. The Bertz CT molecular complexity index is 582. The number of rotatable bonds is 6. The number of halogens is 1. The number of benzene rings is 1. The molecular weight excluding hydrogens is 285 g/mol. The monoisotopic (exact) mass is 303 g/mol. The van der Waals surface area contributed by atoms with E-state index >= 15 is 0 Å². The van der Waals surface area contributed by atoms with Crippen LogP contribution in [0.15, 0.2) is 23.1 Å². The van der Waals surface area contributed by atoms with Crippen LogP contribution in [0.3, 0.4) is 0 Å². The zero-order chi connectivity index (χ0) is 15.5. The van der Waals surface area contributed by atoms with E-state index in [2.05, 4.69) is 0 Å². The summed E-state index contributed by atoms with van der Waals surface area (Å²) in [5.41, 5.74) is 10.5. The van der Waals surface area contributed by atoms with Crippen LogP contribution in [0.4, 0.5) is 10.1 Å². The first-order valence-corrected chi connectivity index (χ1v) is 7.41. The van der Waals surface area contributed by atoms with Gasteiger partial charge >= 0.3 is 0 Å². The van der Waals surface area contributed by atoms with Crippen LogP contribution in [0.5, 0.6) is 0 Å². The zero-order valence-corrected chi connectivity index (χ0v) is 12.2. The van der Waals surface area contributed by atoms with Gasteiger partial charge in [0.2, 0.25) is 15.9 Å². The minimum Gasteiger partial charge on any atom is -0.399 e. The molecule has 1 aromatic carbocycles. The molecule has 8 heteroatoms. The van der Waals surface area contributed by atoms with E-state index in [0.29, 0.717) is 0 Å². The van der Waals surface area contributed by atoms with Crippen LogP contribution in [0.2, 0.25) is 0 Å². The van der Waals surface area contributed by atoms with Gasteiger partial charge in [0.25, 0.3) is 0 Å². The summed E-state index contributed by atoms with van der Waals surface area (Å²) in [6.07, 6.45) is 0. The molecule has 20 heavy (non-hydrogen) atoms. The van der Waals surface area contributed by atoms with Crippen molar-refractivity contribution in [3.05, 3.63) is 24.0 Å². The molecule has 0 aliphatic carbocycles. The molecule has 0 saturated heterocycles. The highest BCUT2D eigenvalue weighted by Crippen LogP contribution is 2.20. The van der Waals surface area contributed by atoms with Crippen molar-refractivity contribution in [2.45, 2.75) is 18.7 Å². The van der Waals surface area contributed by atoms with Crippen LogP contribution in [0.25, 0.3) is 0 Å². The van der Waals surface area contributed by atoms with Crippen LogP contribution in [-0.2, 0) is 14.8 Å². The lowest BCUT2D eigenvalue weighted by Gasteiger charge is -2.22. The molecule has 1 amide bonds. The van der Waals surface area contributed by atoms with E-state index in [4.69, 9.17) is 11.5 Å². The normalized spacial score (nSPS) is 12.1. The Morgan fingerprint density at radius 2 is 1.95 bits per heavy atom. The van der Waals surface area contributed by atoms with Crippen molar-refractivity contribution in [2.24, 2.45) is 11.7 Å². The molecule has 0 bridgehead atoms. The summed E-state index contributed by atoms with van der Waals surface area (Å²) in [4.78, 5) is 10.7. The molecule has 0 heterocycles. The second kappa shape index (κ2) is 6.19. The minimum absolute atomic E-state index is 0.00727. The number of sulfonamides is 1. The Kier molecular flexibility index (Phi) is 5.07. The number of carbonyl (C=O) groups excluding carboxylic acids is 1. The van der Waals surface area contributed by atoms with Gasteiger partial charge in [0, 0.05) is 12.2 Å². The third-order valence-corrected chi connectivity index (χ3v) is 4.22. The van der Waals surface area contributed by atoms with Crippen LogP contribution < -0.4 is 11.5 Å². The van der Waals surface area contributed by atoms with Crippen molar-refractivity contribution in [3.8, 4) is 0 Å². The predicted octanol–water partition coefficient (Wildman–Crippen LogP) is 0.540. The second-order valence-electron chi connectivity index (χ2n) is 4.88. The summed E-state index contributed by atoms with van der Waals surface area (Å²) in [7, 11) is -4.02. The molecule has 0 unspecified atom stereocenters. The van der Waals surface area contributed by atoms with Crippen LogP contribution >= 0.6 is 0 Å². The Labute approximate surface area is 117 Å². The number of hydrogen-bond acceptors (Lipinski definition) is 4. The zero-order valence-electron chi connectivity index (χ0n) is 11.3. The molecular formula is C12H18FN3O3S. The highest BCUT2D eigenvalue weighted by atomic mass is 32.2. The van der Waals surface area contributed by atoms with Gasteiger partial charge in [-0.05, 0) is 24.1 Å². The number of nitrogen functional groups attached to an aromatic ring is 1. The first-order valence-electron chi connectivity index (χ1n) is 5.97. The number of hydrogen-bond donors (Lipinski definition) is 2. The highest BCUT2D eigenvalue weighted by molar-refractivity contribution is 7.89. The molecule has 112 valence electrons. The lowest BCUT2D eigenvalue weighted by atomic mass is 10.2. The van der Waals surface area contributed by atoms with E-state index < -0.39 is 28.3 Å². The summed E-state index contributed by atoms with van der Waals surface area (Å²) in [6, 6.07) is 3.02. The summed E-state index contributed by atoms with van der Waals surface area (Å²) in [5.74, 6) is -1.55. The van der Waals surface area contributed by atoms with E-state index in [-0.39, 0.29) is 23.0 Å². The first kappa shape index (κ1) is 16.4. The van der Waals surface area contributed by atoms with Gasteiger partial charge in [-0.3, -0.25) is 4.79 Å². The fourth-order valence-corrected chi connectivity index (χ4v) is 3.35. The summed E-state index contributed by atoms with van der Waals surface area (Å²) < 4.78 is 39.0. The molecule has 0 aliphatic rings. The topological polar surface area (TPSA) is 106 Å². The van der Waals surface area contributed by atoms with Crippen molar-refractivity contribution in [3.63, 3.8) is 0 Å². The molecule has 0 fully saturated rings. The average molecular weight is 303 g/mol. The molecule has 1 rings (SSSR count). The number of amides is 1. The summed E-state index contributed by atoms with van der Waals surface area (Å²) in [6.45, 7) is 3.23. The molecule has 0 radical (unpaired) electrons. The van der Waals surface area contributed by atoms with Gasteiger partial charge in [0.05, 0.1) is 11.4 Å². The van der Waals surface area contributed by atoms with Crippen LogP contribution in [-0.4, -0.2) is 31.7 Å². The lowest BCUT2D eigenvalue weighted by Crippen LogP contribution is -2.40. The first-order chi connectivity index (χ1) is 9.12. The molecule has 6 nitrogen and oxygen atoms in total. The Morgan fingerprint density at radius 3 is 2.40 bits per heavy atom. The van der Waals surface area contributed by atoms with Crippen molar-refractivity contribution >= 4 is 21.6 Å².